The number of ether oxygens (including phenoxy) is 1. The fraction of sp³-hybridized carbons (Fsp3) is 0.158. The van der Waals surface area contributed by atoms with Gasteiger partial charge in [-0.1, -0.05) is 30.3 Å². The van der Waals surface area contributed by atoms with Gasteiger partial charge in [0.2, 0.25) is 0 Å². The van der Waals surface area contributed by atoms with Crippen molar-refractivity contribution in [1.82, 2.24) is 16.2 Å². The number of hydrogen-bond donors (Lipinski definition) is 3. The Balaban J connectivity index is 1.89. The molecule has 130 valence electrons. The van der Waals surface area contributed by atoms with Crippen LogP contribution in [0, 0.1) is 0 Å². The summed E-state index contributed by atoms with van der Waals surface area (Å²) in [4.78, 5) is 11.8. The third-order valence-electron chi connectivity index (χ3n) is 2.98. The van der Waals surface area contributed by atoms with Crippen molar-refractivity contribution in [3.8, 4) is 11.5 Å². The number of benzene rings is 2. The minimum absolute atomic E-state index is 0.194. The van der Waals surface area contributed by atoms with Gasteiger partial charge >= 0.3 is 0 Å². The summed E-state index contributed by atoms with van der Waals surface area (Å²) >= 11 is 5.03. The number of rotatable bonds is 5. The predicted octanol–water partition coefficient (Wildman–Crippen LogP) is 3.40. The lowest BCUT2D eigenvalue weighted by atomic mass is 10.2. The Hall–Kier alpha value is -2.86. The highest BCUT2D eigenvalue weighted by Crippen LogP contribution is 2.22. The van der Waals surface area contributed by atoms with Crippen LogP contribution in [-0.2, 0) is 4.79 Å². The zero-order chi connectivity index (χ0) is 18.1. The largest absolute Gasteiger partial charge is 0.457 e. The predicted molar refractivity (Wildman–Crippen MR) is 104 cm³/mol. The van der Waals surface area contributed by atoms with E-state index in [9.17, 15) is 4.79 Å². The smallest absolute Gasteiger partial charge is 0.262 e. The summed E-state index contributed by atoms with van der Waals surface area (Å²) in [6.07, 6.45) is 3.13. The molecule has 0 aliphatic rings. The van der Waals surface area contributed by atoms with Crippen molar-refractivity contribution in [2.45, 2.75) is 19.9 Å². The maximum Gasteiger partial charge on any atom is 0.262 e. The van der Waals surface area contributed by atoms with Gasteiger partial charge in [-0.25, -0.2) is 0 Å². The molecule has 0 saturated heterocycles. The maximum absolute atomic E-state index is 11.8. The van der Waals surface area contributed by atoms with Crippen molar-refractivity contribution < 1.29 is 9.53 Å². The molecule has 6 heteroatoms. The molecule has 2 aromatic carbocycles. The van der Waals surface area contributed by atoms with Crippen molar-refractivity contribution in [1.29, 1.82) is 0 Å². The van der Waals surface area contributed by atoms with E-state index < -0.39 is 0 Å². The van der Waals surface area contributed by atoms with Crippen LogP contribution in [0.15, 0.2) is 60.7 Å². The van der Waals surface area contributed by atoms with Gasteiger partial charge in [0.15, 0.2) is 5.11 Å². The number of hydrogen-bond acceptors (Lipinski definition) is 3. The summed E-state index contributed by atoms with van der Waals surface area (Å²) in [5.74, 6) is 1.16. The lowest BCUT2D eigenvalue weighted by Crippen LogP contribution is -2.48. The zero-order valence-corrected chi connectivity index (χ0v) is 15.0. The molecular formula is C19H21N3O2S. The van der Waals surface area contributed by atoms with E-state index in [2.05, 4.69) is 16.2 Å². The normalized spacial score (nSPS) is 10.5. The molecule has 0 bridgehead atoms. The van der Waals surface area contributed by atoms with E-state index >= 15 is 0 Å². The summed E-state index contributed by atoms with van der Waals surface area (Å²) in [6, 6.07) is 17.2. The molecule has 0 atom stereocenters. The Labute approximate surface area is 153 Å². The Bertz CT molecular complexity index is 745. The fourth-order valence-corrected chi connectivity index (χ4v) is 2.22. The van der Waals surface area contributed by atoms with E-state index in [1.807, 2.05) is 68.4 Å². The SMILES string of the molecule is CC(C)NC(=S)NNC(=O)/C=C/c1cccc(Oc2ccccc2)c1. The van der Waals surface area contributed by atoms with E-state index in [0.717, 1.165) is 11.3 Å². The molecule has 0 aromatic heterocycles. The van der Waals surface area contributed by atoms with E-state index in [1.165, 1.54) is 6.08 Å². The Morgan fingerprint density at radius 1 is 1.04 bits per heavy atom. The lowest BCUT2D eigenvalue weighted by molar-refractivity contribution is -0.116. The first-order valence-corrected chi connectivity index (χ1v) is 8.31. The Kier molecular flexibility index (Phi) is 6.98. The molecule has 0 saturated carbocycles. The van der Waals surface area contributed by atoms with Crippen molar-refractivity contribution in [2.75, 3.05) is 0 Å². The number of hydrazine groups is 1. The standard InChI is InChI=1S/C19H21N3O2S/c1-14(2)20-19(25)22-21-18(23)12-11-15-7-6-10-17(13-15)24-16-8-4-3-5-9-16/h3-14H,1-2H3,(H,21,23)(H2,20,22,25)/b12-11+. The van der Waals surface area contributed by atoms with Crippen LogP contribution in [0.25, 0.3) is 6.08 Å². The van der Waals surface area contributed by atoms with E-state index in [1.54, 1.807) is 6.08 Å². The highest BCUT2D eigenvalue weighted by atomic mass is 32.1. The molecule has 0 unspecified atom stereocenters. The summed E-state index contributed by atoms with van der Waals surface area (Å²) < 4.78 is 5.77. The van der Waals surface area contributed by atoms with Gasteiger partial charge in [-0.15, -0.1) is 0 Å². The van der Waals surface area contributed by atoms with E-state index in [4.69, 9.17) is 17.0 Å². The number of nitrogens with one attached hydrogen (secondary N) is 3. The van der Waals surface area contributed by atoms with Gasteiger partial charge in [0.25, 0.3) is 5.91 Å². The number of para-hydroxylation sites is 1. The van der Waals surface area contributed by atoms with Crippen LogP contribution >= 0.6 is 12.2 Å². The molecule has 2 aromatic rings. The highest BCUT2D eigenvalue weighted by molar-refractivity contribution is 7.80. The fourth-order valence-electron chi connectivity index (χ4n) is 1.94. The zero-order valence-electron chi connectivity index (χ0n) is 14.2. The van der Waals surface area contributed by atoms with E-state index in [0.29, 0.717) is 10.9 Å². The van der Waals surface area contributed by atoms with Gasteiger partial charge in [-0.2, -0.15) is 0 Å². The van der Waals surface area contributed by atoms with Crippen molar-refractivity contribution >= 4 is 29.3 Å². The monoisotopic (exact) mass is 355 g/mol. The molecule has 0 aliphatic carbocycles. The second kappa shape index (κ2) is 9.44. The van der Waals surface area contributed by atoms with Crippen LogP contribution < -0.4 is 20.9 Å². The number of carbonyl (C=O) groups is 1. The van der Waals surface area contributed by atoms with Crippen molar-refractivity contribution in [3.05, 3.63) is 66.2 Å². The molecule has 25 heavy (non-hydrogen) atoms. The molecule has 3 N–H and O–H groups in total. The first-order valence-electron chi connectivity index (χ1n) is 7.90. The Morgan fingerprint density at radius 2 is 1.76 bits per heavy atom. The second-order valence-electron chi connectivity index (χ2n) is 5.56. The van der Waals surface area contributed by atoms with Crippen LogP contribution in [0.1, 0.15) is 19.4 Å². The van der Waals surface area contributed by atoms with E-state index in [-0.39, 0.29) is 11.9 Å². The average Bonchev–Trinajstić information content (AvgIpc) is 2.59. The van der Waals surface area contributed by atoms with Gasteiger partial charge in [0.05, 0.1) is 0 Å². The minimum atomic E-state index is -0.303. The molecular weight excluding hydrogens is 334 g/mol. The number of amides is 1. The van der Waals surface area contributed by atoms with Crippen LogP contribution in [0.5, 0.6) is 11.5 Å². The quantitative estimate of drug-likeness (QED) is 0.436. The van der Waals surface area contributed by atoms with Gasteiger partial charge in [-0.05, 0) is 62.0 Å². The van der Waals surface area contributed by atoms with Crippen LogP contribution in [0.3, 0.4) is 0 Å². The summed E-state index contributed by atoms with van der Waals surface area (Å²) in [5, 5.41) is 3.34. The van der Waals surface area contributed by atoms with Gasteiger partial charge in [0, 0.05) is 12.1 Å². The third-order valence-corrected chi connectivity index (χ3v) is 3.20. The minimum Gasteiger partial charge on any atom is -0.457 e. The number of thiocarbonyl (C=S) groups is 1. The third kappa shape index (κ3) is 7.05. The molecule has 0 spiro atoms. The average molecular weight is 355 g/mol. The first-order chi connectivity index (χ1) is 12.0. The highest BCUT2D eigenvalue weighted by Gasteiger charge is 2.00. The van der Waals surface area contributed by atoms with Crippen LogP contribution in [-0.4, -0.2) is 17.1 Å². The maximum atomic E-state index is 11.8. The van der Waals surface area contributed by atoms with Gasteiger partial charge in [0.1, 0.15) is 11.5 Å². The molecule has 2 rings (SSSR count). The molecule has 5 nitrogen and oxygen atoms in total. The molecule has 0 radical (unpaired) electrons. The molecule has 0 aliphatic heterocycles. The Morgan fingerprint density at radius 3 is 2.48 bits per heavy atom. The van der Waals surface area contributed by atoms with Crippen LogP contribution in [0.4, 0.5) is 0 Å². The van der Waals surface area contributed by atoms with Crippen molar-refractivity contribution in [3.63, 3.8) is 0 Å². The topological polar surface area (TPSA) is 62.4 Å². The van der Waals surface area contributed by atoms with Crippen LogP contribution in [0.2, 0.25) is 0 Å². The second-order valence-corrected chi connectivity index (χ2v) is 5.97. The summed E-state index contributed by atoms with van der Waals surface area (Å²) in [6.45, 7) is 3.92. The van der Waals surface area contributed by atoms with Gasteiger partial charge in [-0.3, -0.25) is 15.6 Å². The molecule has 0 heterocycles. The molecule has 1 amide bonds. The molecule has 0 fully saturated rings. The van der Waals surface area contributed by atoms with Crippen molar-refractivity contribution in [2.24, 2.45) is 0 Å². The summed E-state index contributed by atoms with van der Waals surface area (Å²) in [5.41, 5.74) is 5.99. The number of carbonyl (C=O) groups excluding carboxylic acids is 1. The summed E-state index contributed by atoms with van der Waals surface area (Å²) in [7, 11) is 0. The lowest BCUT2D eigenvalue weighted by Gasteiger charge is -2.12. The first kappa shape index (κ1) is 18.5. The van der Waals surface area contributed by atoms with Gasteiger partial charge < -0.3 is 10.1 Å².